The largest absolute Gasteiger partial charge is 0.317 e. The van der Waals surface area contributed by atoms with E-state index >= 15 is 0 Å². The van der Waals surface area contributed by atoms with Gasteiger partial charge in [0.25, 0.3) is 0 Å². The Kier molecular flexibility index (Phi) is 3.51. The van der Waals surface area contributed by atoms with Crippen LogP contribution >= 0.6 is 0 Å². The monoisotopic (exact) mass is 173 g/mol. The molecule has 12 heavy (non-hydrogen) atoms. The van der Waals surface area contributed by atoms with Crippen LogP contribution in [0.5, 0.6) is 0 Å². The second-order valence-corrected chi connectivity index (χ2v) is 4.30. The fraction of sp³-hybridized carbons (Fsp3) is 1.00. The number of nitrogens with one attached hydrogen (secondary N) is 1. The lowest BCUT2D eigenvalue weighted by Gasteiger charge is -2.23. The zero-order valence-electron chi connectivity index (χ0n) is 8.20. The van der Waals surface area contributed by atoms with E-state index < -0.39 is 5.67 Å². The molecule has 0 radical (unpaired) electrons. The molecule has 0 aliphatic heterocycles. The SMILES string of the molecule is CNCC(C)(F)CC1CCCC1. The van der Waals surface area contributed by atoms with E-state index in [4.69, 9.17) is 0 Å². The Morgan fingerprint density at radius 1 is 1.42 bits per heavy atom. The topological polar surface area (TPSA) is 12.0 Å². The van der Waals surface area contributed by atoms with Crippen molar-refractivity contribution in [2.24, 2.45) is 5.92 Å². The van der Waals surface area contributed by atoms with E-state index in [9.17, 15) is 4.39 Å². The number of hydrogen-bond acceptors (Lipinski definition) is 1. The van der Waals surface area contributed by atoms with Crippen LogP contribution in [0.1, 0.15) is 39.0 Å². The highest BCUT2D eigenvalue weighted by molar-refractivity contribution is 4.81. The molecule has 1 rings (SSSR count). The number of hydrogen-bond donors (Lipinski definition) is 1. The van der Waals surface area contributed by atoms with Crippen molar-refractivity contribution < 1.29 is 4.39 Å². The van der Waals surface area contributed by atoms with Crippen LogP contribution in [0.15, 0.2) is 0 Å². The highest BCUT2D eigenvalue weighted by atomic mass is 19.1. The molecule has 1 N–H and O–H groups in total. The van der Waals surface area contributed by atoms with Crippen LogP contribution in [0.3, 0.4) is 0 Å². The van der Waals surface area contributed by atoms with Crippen LogP contribution in [0.2, 0.25) is 0 Å². The maximum atomic E-state index is 13.7. The van der Waals surface area contributed by atoms with E-state index in [2.05, 4.69) is 5.32 Å². The maximum Gasteiger partial charge on any atom is 0.120 e. The summed E-state index contributed by atoms with van der Waals surface area (Å²) < 4.78 is 13.7. The van der Waals surface area contributed by atoms with Crippen LogP contribution in [-0.4, -0.2) is 19.3 Å². The fourth-order valence-electron chi connectivity index (χ4n) is 2.26. The minimum absolute atomic E-state index is 0.490. The first-order chi connectivity index (χ1) is 5.64. The minimum Gasteiger partial charge on any atom is -0.317 e. The quantitative estimate of drug-likeness (QED) is 0.688. The maximum absolute atomic E-state index is 13.7. The van der Waals surface area contributed by atoms with E-state index in [1.165, 1.54) is 25.7 Å². The van der Waals surface area contributed by atoms with Gasteiger partial charge in [0.15, 0.2) is 0 Å². The molecule has 72 valence electrons. The van der Waals surface area contributed by atoms with Gasteiger partial charge in [-0.25, -0.2) is 4.39 Å². The van der Waals surface area contributed by atoms with Crippen LogP contribution < -0.4 is 5.32 Å². The number of rotatable bonds is 4. The predicted octanol–water partition coefficient (Wildman–Crippen LogP) is 2.51. The van der Waals surface area contributed by atoms with Gasteiger partial charge in [0, 0.05) is 6.54 Å². The molecule has 1 saturated carbocycles. The third-order valence-corrected chi connectivity index (χ3v) is 2.73. The summed E-state index contributed by atoms with van der Waals surface area (Å²) in [5, 5.41) is 2.91. The Hall–Kier alpha value is -0.110. The Labute approximate surface area is 74.7 Å². The van der Waals surface area contributed by atoms with Crippen LogP contribution in [0, 0.1) is 5.92 Å². The van der Waals surface area contributed by atoms with Crippen molar-refractivity contribution in [2.75, 3.05) is 13.6 Å². The molecule has 0 amide bonds. The van der Waals surface area contributed by atoms with Gasteiger partial charge in [-0.05, 0) is 26.3 Å². The first-order valence-electron chi connectivity index (χ1n) is 4.97. The molecular formula is C10H20FN. The number of halogens is 1. The number of alkyl halides is 1. The standard InChI is InChI=1S/C10H20FN/c1-10(11,8-12-2)7-9-5-3-4-6-9/h9,12H,3-8H2,1-2H3. The Bertz CT molecular complexity index is 128. The molecule has 0 aromatic heterocycles. The molecule has 0 bridgehead atoms. The molecule has 0 saturated heterocycles. The van der Waals surface area contributed by atoms with Crippen LogP contribution in [-0.2, 0) is 0 Å². The normalized spacial score (nSPS) is 24.2. The van der Waals surface area contributed by atoms with Crippen molar-refractivity contribution in [3.8, 4) is 0 Å². The smallest absolute Gasteiger partial charge is 0.120 e. The molecule has 1 fully saturated rings. The van der Waals surface area contributed by atoms with Gasteiger partial charge in [0.2, 0.25) is 0 Å². The minimum atomic E-state index is -0.996. The van der Waals surface area contributed by atoms with E-state index in [-0.39, 0.29) is 0 Å². The Morgan fingerprint density at radius 2 is 2.00 bits per heavy atom. The zero-order valence-corrected chi connectivity index (χ0v) is 8.20. The molecule has 0 spiro atoms. The highest BCUT2D eigenvalue weighted by Gasteiger charge is 2.28. The molecule has 1 nitrogen and oxygen atoms in total. The molecule has 1 atom stereocenters. The molecule has 0 aromatic rings. The lowest BCUT2D eigenvalue weighted by atomic mass is 9.92. The summed E-state index contributed by atoms with van der Waals surface area (Å²) in [7, 11) is 1.81. The fourth-order valence-corrected chi connectivity index (χ4v) is 2.26. The van der Waals surface area contributed by atoms with Crippen molar-refractivity contribution in [2.45, 2.75) is 44.7 Å². The van der Waals surface area contributed by atoms with Gasteiger partial charge in [-0.2, -0.15) is 0 Å². The van der Waals surface area contributed by atoms with E-state index in [0.717, 1.165) is 6.42 Å². The molecule has 1 unspecified atom stereocenters. The van der Waals surface area contributed by atoms with Gasteiger partial charge >= 0.3 is 0 Å². The lowest BCUT2D eigenvalue weighted by Crippen LogP contribution is -2.33. The molecule has 2 heteroatoms. The van der Waals surface area contributed by atoms with Crippen molar-refractivity contribution in [3.63, 3.8) is 0 Å². The first kappa shape index (κ1) is 9.97. The first-order valence-corrected chi connectivity index (χ1v) is 4.97. The van der Waals surface area contributed by atoms with Crippen molar-refractivity contribution in [1.29, 1.82) is 0 Å². The lowest BCUT2D eigenvalue weighted by molar-refractivity contribution is 0.146. The molecule has 1 aliphatic carbocycles. The summed E-state index contributed by atoms with van der Waals surface area (Å²) in [5.74, 6) is 0.647. The van der Waals surface area contributed by atoms with E-state index in [1.54, 1.807) is 6.92 Å². The van der Waals surface area contributed by atoms with Crippen LogP contribution in [0.4, 0.5) is 4.39 Å². The van der Waals surface area contributed by atoms with E-state index in [1.807, 2.05) is 7.05 Å². The van der Waals surface area contributed by atoms with Gasteiger partial charge < -0.3 is 5.32 Å². The highest BCUT2D eigenvalue weighted by Crippen LogP contribution is 2.32. The van der Waals surface area contributed by atoms with Crippen molar-refractivity contribution in [1.82, 2.24) is 5.32 Å². The summed E-state index contributed by atoms with van der Waals surface area (Å²) in [6, 6.07) is 0. The zero-order chi connectivity index (χ0) is 9.03. The van der Waals surface area contributed by atoms with Crippen molar-refractivity contribution in [3.05, 3.63) is 0 Å². The van der Waals surface area contributed by atoms with Gasteiger partial charge in [-0.15, -0.1) is 0 Å². The average molecular weight is 173 g/mol. The Morgan fingerprint density at radius 3 is 2.50 bits per heavy atom. The van der Waals surface area contributed by atoms with E-state index in [0.29, 0.717) is 12.5 Å². The molecular weight excluding hydrogens is 153 g/mol. The Balaban J connectivity index is 2.27. The summed E-state index contributed by atoms with van der Waals surface area (Å²) in [4.78, 5) is 0. The average Bonchev–Trinajstić information content (AvgIpc) is 2.38. The van der Waals surface area contributed by atoms with Gasteiger partial charge in [-0.3, -0.25) is 0 Å². The third kappa shape index (κ3) is 3.10. The second-order valence-electron chi connectivity index (χ2n) is 4.30. The summed E-state index contributed by atoms with van der Waals surface area (Å²) in [6.45, 7) is 2.20. The molecule has 0 heterocycles. The summed E-state index contributed by atoms with van der Waals surface area (Å²) >= 11 is 0. The second kappa shape index (κ2) is 4.22. The van der Waals surface area contributed by atoms with Crippen LogP contribution in [0.25, 0.3) is 0 Å². The summed E-state index contributed by atoms with van der Waals surface area (Å²) in [6.07, 6.45) is 5.83. The van der Waals surface area contributed by atoms with Gasteiger partial charge in [-0.1, -0.05) is 25.7 Å². The van der Waals surface area contributed by atoms with Gasteiger partial charge in [0.1, 0.15) is 5.67 Å². The summed E-state index contributed by atoms with van der Waals surface area (Å²) in [5.41, 5.74) is -0.996. The molecule has 1 aliphatic rings. The van der Waals surface area contributed by atoms with Gasteiger partial charge in [0.05, 0.1) is 0 Å². The van der Waals surface area contributed by atoms with Crippen molar-refractivity contribution >= 4 is 0 Å². The molecule has 0 aromatic carbocycles. The predicted molar refractivity (Wildman–Crippen MR) is 50.0 cm³/mol. The third-order valence-electron chi connectivity index (χ3n) is 2.73.